The summed E-state index contributed by atoms with van der Waals surface area (Å²) in [6, 6.07) is 19.4. The zero-order chi connectivity index (χ0) is 19.1. The smallest absolute Gasteiger partial charge is 0.344 e. The Morgan fingerprint density at radius 1 is 0.926 bits per heavy atom. The second-order valence-electron chi connectivity index (χ2n) is 6.76. The molecule has 0 aliphatic carbocycles. The van der Waals surface area contributed by atoms with Gasteiger partial charge in [-0.1, -0.05) is 41.9 Å². The summed E-state index contributed by atoms with van der Waals surface area (Å²) >= 11 is 6.34. The fourth-order valence-corrected chi connectivity index (χ4v) is 3.72. The topological polar surface area (TPSA) is 30.2 Å². The fraction of sp³-hybridized carbons (Fsp3) is 0.130. The Kier molecular flexibility index (Phi) is 4.33. The highest BCUT2D eigenvalue weighted by atomic mass is 35.5. The summed E-state index contributed by atoms with van der Waals surface area (Å²) in [4.78, 5) is 13.0. The Bertz CT molecular complexity index is 1190. The van der Waals surface area contributed by atoms with Crippen LogP contribution in [0.2, 0.25) is 5.02 Å². The van der Waals surface area contributed by atoms with Gasteiger partial charge in [-0.05, 0) is 43.2 Å². The highest BCUT2D eigenvalue weighted by Gasteiger charge is 2.21. The summed E-state index contributed by atoms with van der Waals surface area (Å²) in [5, 5.41) is 2.37. The predicted molar refractivity (Wildman–Crippen MR) is 109 cm³/mol. The van der Waals surface area contributed by atoms with E-state index in [2.05, 4.69) is 0 Å². The van der Waals surface area contributed by atoms with Crippen LogP contribution in [0.5, 0.6) is 5.75 Å². The van der Waals surface area contributed by atoms with Gasteiger partial charge in [0.25, 0.3) is 0 Å². The number of benzene rings is 3. The third-order valence-electron chi connectivity index (χ3n) is 4.91. The van der Waals surface area contributed by atoms with Crippen molar-refractivity contribution in [1.29, 1.82) is 0 Å². The van der Waals surface area contributed by atoms with E-state index in [0.717, 1.165) is 32.9 Å². The van der Waals surface area contributed by atoms with E-state index >= 15 is 0 Å². The van der Waals surface area contributed by atoms with E-state index in [1.165, 1.54) is 0 Å². The molecular weight excluding hydrogens is 358 g/mol. The second kappa shape index (κ2) is 6.67. The molecule has 0 atom stereocenters. The molecule has 134 valence electrons. The molecule has 0 N–H and O–H groups in total. The number of carbonyl (C=O) groups is 1. The first kappa shape index (κ1) is 17.5. The van der Waals surface area contributed by atoms with Crippen molar-refractivity contribution in [2.45, 2.75) is 13.8 Å². The number of nitrogens with zero attached hydrogens (tertiary/aromatic N) is 1. The number of carbonyl (C=O) groups excluding carboxylic acids is 1. The number of hydrogen-bond donors (Lipinski definition) is 0. The lowest BCUT2D eigenvalue weighted by Gasteiger charge is -2.12. The minimum absolute atomic E-state index is 0.407. The van der Waals surface area contributed by atoms with Gasteiger partial charge in [0.2, 0.25) is 11.0 Å². The standard InChI is InChI=1S/C23H19ClNO2/c1-14-7-6-8-15(2)22(14)27-23(26)19-12-17(24)13-21-18(19)11-16-9-4-5-10-20(16)25(21)3/h4-13H,1-3H3/q+1. The molecule has 1 aromatic heterocycles. The fourth-order valence-electron chi connectivity index (χ4n) is 3.51. The zero-order valence-electron chi connectivity index (χ0n) is 15.4. The Morgan fingerprint density at radius 3 is 2.37 bits per heavy atom. The Labute approximate surface area is 162 Å². The van der Waals surface area contributed by atoms with Crippen molar-refractivity contribution in [3.05, 3.63) is 82.4 Å². The number of pyridine rings is 1. The second-order valence-corrected chi connectivity index (χ2v) is 7.20. The number of ether oxygens (including phenoxy) is 1. The molecular formula is C23H19ClNO2+. The first-order valence-corrected chi connectivity index (χ1v) is 9.13. The molecule has 1 heterocycles. The average molecular weight is 377 g/mol. The molecule has 0 unspecified atom stereocenters. The quantitative estimate of drug-likeness (QED) is 0.205. The van der Waals surface area contributed by atoms with Crippen LogP contribution in [-0.2, 0) is 7.05 Å². The van der Waals surface area contributed by atoms with Crippen LogP contribution in [0.4, 0.5) is 0 Å². The summed E-state index contributed by atoms with van der Waals surface area (Å²) < 4.78 is 7.82. The molecule has 0 radical (unpaired) electrons. The molecule has 0 saturated heterocycles. The van der Waals surface area contributed by atoms with Gasteiger partial charge in [-0.25, -0.2) is 4.79 Å². The Balaban J connectivity index is 1.92. The summed E-state index contributed by atoms with van der Waals surface area (Å²) in [5.74, 6) is 0.191. The molecule has 4 aromatic rings. The molecule has 0 amide bonds. The SMILES string of the molecule is Cc1cccc(C)c1OC(=O)c1cc(Cl)cc2c1cc1ccccc1[n+]2C. The lowest BCUT2D eigenvalue weighted by atomic mass is 10.0. The first-order chi connectivity index (χ1) is 13.0. The summed E-state index contributed by atoms with van der Waals surface area (Å²) in [6.45, 7) is 3.86. The van der Waals surface area contributed by atoms with Crippen LogP contribution < -0.4 is 9.30 Å². The number of fused-ring (bicyclic) bond motifs is 2. The largest absolute Gasteiger partial charge is 0.422 e. The average Bonchev–Trinajstić information content (AvgIpc) is 2.65. The molecule has 27 heavy (non-hydrogen) atoms. The van der Waals surface area contributed by atoms with E-state index in [-0.39, 0.29) is 0 Å². The number of aryl methyl sites for hydroxylation is 3. The van der Waals surface area contributed by atoms with Crippen LogP contribution in [0.1, 0.15) is 21.5 Å². The lowest BCUT2D eigenvalue weighted by molar-refractivity contribution is -0.617. The van der Waals surface area contributed by atoms with Gasteiger partial charge in [-0.2, -0.15) is 4.57 Å². The Morgan fingerprint density at radius 2 is 1.63 bits per heavy atom. The maximum atomic E-state index is 13.0. The van der Waals surface area contributed by atoms with Crippen molar-refractivity contribution in [3.63, 3.8) is 0 Å². The van der Waals surface area contributed by atoms with E-state index in [9.17, 15) is 4.79 Å². The van der Waals surface area contributed by atoms with Crippen molar-refractivity contribution in [3.8, 4) is 5.75 Å². The maximum Gasteiger partial charge on any atom is 0.344 e. The number of aromatic nitrogens is 1. The molecule has 0 aliphatic rings. The normalized spacial score (nSPS) is 11.1. The number of hydrogen-bond acceptors (Lipinski definition) is 2. The van der Waals surface area contributed by atoms with Gasteiger partial charge in [-0.3, -0.25) is 0 Å². The van der Waals surface area contributed by atoms with Crippen molar-refractivity contribution in [1.82, 2.24) is 0 Å². The molecule has 0 bridgehead atoms. The van der Waals surface area contributed by atoms with E-state index in [0.29, 0.717) is 16.3 Å². The molecule has 3 aromatic carbocycles. The molecule has 0 spiro atoms. The molecule has 4 heteroatoms. The minimum Gasteiger partial charge on any atom is -0.422 e. The molecule has 0 aliphatic heterocycles. The monoisotopic (exact) mass is 376 g/mol. The van der Waals surface area contributed by atoms with E-state index < -0.39 is 5.97 Å². The van der Waals surface area contributed by atoms with Crippen LogP contribution in [0.3, 0.4) is 0 Å². The van der Waals surface area contributed by atoms with E-state index in [1.54, 1.807) is 6.07 Å². The van der Waals surface area contributed by atoms with Crippen LogP contribution in [0.15, 0.2) is 60.7 Å². The van der Waals surface area contributed by atoms with E-state index in [4.69, 9.17) is 16.3 Å². The van der Waals surface area contributed by atoms with Gasteiger partial charge in [0.1, 0.15) is 12.8 Å². The highest BCUT2D eigenvalue weighted by molar-refractivity contribution is 6.32. The molecule has 3 nitrogen and oxygen atoms in total. The summed E-state index contributed by atoms with van der Waals surface area (Å²) in [6.07, 6.45) is 0. The van der Waals surface area contributed by atoms with Crippen molar-refractivity contribution in [2.75, 3.05) is 0 Å². The van der Waals surface area contributed by atoms with Gasteiger partial charge >= 0.3 is 5.97 Å². The number of esters is 1. The highest BCUT2D eigenvalue weighted by Crippen LogP contribution is 2.28. The summed E-state index contributed by atoms with van der Waals surface area (Å²) in [7, 11) is 1.97. The van der Waals surface area contributed by atoms with Crippen molar-refractivity contribution >= 4 is 39.4 Å². The third kappa shape index (κ3) is 3.04. The third-order valence-corrected chi connectivity index (χ3v) is 5.12. The van der Waals surface area contributed by atoms with Crippen LogP contribution in [0.25, 0.3) is 21.8 Å². The first-order valence-electron chi connectivity index (χ1n) is 8.75. The van der Waals surface area contributed by atoms with Crippen LogP contribution in [0, 0.1) is 13.8 Å². The van der Waals surface area contributed by atoms with Gasteiger partial charge in [0.15, 0.2) is 0 Å². The van der Waals surface area contributed by atoms with Crippen LogP contribution in [-0.4, -0.2) is 5.97 Å². The maximum absolute atomic E-state index is 13.0. The number of rotatable bonds is 2. The van der Waals surface area contributed by atoms with Gasteiger partial charge in [0, 0.05) is 22.5 Å². The van der Waals surface area contributed by atoms with Gasteiger partial charge in [0.05, 0.1) is 10.9 Å². The van der Waals surface area contributed by atoms with Crippen molar-refractivity contribution < 1.29 is 14.1 Å². The van der Waals surface area contributed by atoms with Gasteiger partial charge in [-0.15, -0.1) is 0 Å². The van der Waals surface area contributed by atoms with Crippen LogP contribution >= 0.6 is 11.6 Å². The predicted octanol–water partition coefficient (Wildman–Crippen LogP) is 5.31. The summed E-state index contributed by atoms with van der Waals surface area (Å²) in [5.41, 5.74) is 4.26. The van der Waals surface area contributed by atoms with Gasteiger partial charge < -0.3 is 4.74 Å². The number of halogens is 1. The molecule has 0 saturated carbocycles. The van der Waals surface area contributed by atoms with E-state index in [1.807, 2.05) is 80.1 Å². The number of para-hydroxylation sites is 2. The molecule has 0 fully saturated rings. The minimum atomic E-state index is -0.407. The lowest BCUT2D eigenvalue weighted by Crippen LogP contribution is -2.30. The van der Waals surface area contributed by atoms with Crippen molar-refractivity contribution in [2.24, 2.45) is 7.05 Å². The zero-order valence-corrected chi connectivity index (χ0v) is 16.2. The molecule has 4 rings (SSSR count). The Hall–Kier alpha value is -2.91.